The van der Waals surface area contributed by atoms with E-state index in [9.17, 15) is 4.79 Å². The first-order chi connectivity index (χ1) is 11.0. The van der Waals surface area contributed by atoms with Gasteiger partial charge in [-0.2, -0.15) is 0 Å². The van der Waals surface area contributed by atoms with Crippen molar-refractivity contribution in [3.05, 3.63) is 41.5 Å². The zero-order valence-electron chi connectivity index (χ0n) is 13.4. The van der Waals surface area contributed by atoms with Crippen LogP contribution in [0.3, 0.4) is 0 Å². The van der Waals surface area contributed by atoms with Crippen molar-refractivity contribution in [2.75, 3.05) is 12.3 Å². The average molecular weight is 345 g/mol. The van der Waals surface area contributed by atoms with Crippen LogP contribution >= 0.6 is 22.7 Å². The lowest BCUT2D eigenvalue weighted by molar-refractivity contribution is 0.0530. The maximum absolute atomic E-state index is 12.1. The van der Waals surface area contributed by atoms with E-state index in [1.54, 1.807) is 18.3 Å². The molecule has 5 heteroatoms. The van der Waals surface area contributed by atoms with Gasteiger partial charge in [0.2, 0.25) is 0 Å². The molecule has 3 aromatic rings. The Kier molecular flexibility index (Phi) is 4.41. The fourth-order valence-electron chi connectivity index (χ4n) is 2.50. The highest BCUT2D eigenvalue weighted by molar-refractivity contribution is 7.41. The van der Waals surface area contributed by atoms with E-state index in [0.717, 1.165) is 19.8 Å². The summed E-state index contributed by atoms with van der Waals surface area (Å²) >= 11 is 3.12. The Hall–Kier alpha value is -1.85. The van der Waals surface area contributed by atoms with Crippen molar-refractivity contribution in [1.82, 2.24) is 0 Å². The van der Waals surface area contributed by atoms with E-state index >= 15 is 0 Å². The summed E-state index contributed by atoms with van der Waals surface area (Å²) in [6, 6.07) is 10.6. The summed E-state index contributed by atoms with van der Waals surface area (Å²) in [6.45, 7) is 6.52. The number of benzene rings is 1. The maximum Gasteiger partial charge on any atom is 0.341 e. The first-order valence-electron chi connectivity index (χ1n) is 7.60. The highest BCUT2D eigenvalue weighted by atomic mass is 32.2. The van der Waals surface area contributed by atoms with Crippen LogP contribution < -0.4 is 5.73 Å². The van der Waals surface area contributed by atoms with Gasteiger partial charge in [0, 0.05) is 10.3 Å². The lowest BCUT2D eigenvalue weighted by Gasteiger charge is -2.05. The molecule has 3 rings (SSSR count). The van der Waals surface area contributed by atoms with Crippen LogP contribution in [0.25, 0.3) is 19.8 Å². The van der Waals surface area contributed by atoms with Gasteiger partial charge >= 0.3 is 5.97 Å². The van der Waals surface area contributed by atoms with Crippen molar-refractivity contribution in [3.63, 3.8) is 0 Å². The zero-order chi connectivity index (χ0) is 16.6. The van der Waals surface area contributed by atoms with Gasteiger partial charge in [-0.25, -0.2) is 4.79 Å². The summed E-state index contributed by atoms with van der Waals surface area (Å²) in [7, 11) is 0. The molecule has 0 aliphatic carbocycles. The third-order valence-corrected chi connectivity index (χ3v) is 6.07. The van der Waals surface area contributed by atoms with Gasteiger partial charge in [-0.15, -0.1) is 22.7 Å². The first-order valence-corrected chi connectivity index (χ1v) is 9.23. The Morgan fingerprint density at radius 3 is 2.52 bits per heavy atom. The van der Waals surface area contributed by atoms with Gasteiger partial charge in [-0.1, -0.05) is 38.1 Å². The predicted molar refractivity (Wildman–Crippen MR) is 99.6 cm³/mol. The lowest BCUT2D eigenvalue weighted by Crippen LogP contribution is -2.05. The van der Waals surface area contributed by atoms with Crippen molar-refractivity contribution in [3.8, 4) is 10.4 Å². The van der Waals surface area contributed by atoms with E-state index in [1.165, 1.54) is 16.9 Å². The Morgan fingerprint density at radius 2 is 1.91 bits per heavy atom. The Balaban J connectivity index is 2.02. The first kappa shape index (κ1) is 16.0. The number of esters is 1. The second kappa shape index (κ2) is 6.34. The van der Waals surface area contributed by atoms with Gasteiger partial charge in [0.25, 0.3) is 0 Å². The highest BCUT2D eigenvalue weighted by Gasteiger charge is 2.21. The Bertz CT molecular complexity index is 844. The van der Waals surface area contributed by atoms with Crippen LogP contribution in [-0.2, 0) is 4.74 Å². The monoisotopic (exact) mass is 345 g/mol. The smallest absolute Gasteiger partial charge is 0.341 e. The second-order valence-electron chi connectivity index (χ2n) is 5.65. The van der Waals surface area contributed by atoms with E-state index in [-0.39, 0.29) is 5.97 Å². The molecule has 0 radical (unpaired) electrons. The number of carbonyl (C=O) groups excluding carboxylic acids is 1. The molecule has 0 aliphatic rings. The van der Waals surface area contributed by atoms with Crippen LogP contribution in [0.5, 0.6) is 0 Å². The van der Waals surface area contributed by atoms with E-state index in [0.29, 0.717) is 23.1 Å². The van der Waals surface area contributed by atoms with E-state index in [2.05, 4.69) is 38.1 Å². The molecule has 0 fully saturated rings. The van der Waals surface area contributed by atoms with Crippen LogP contribution in [0.1, 0.15) is 42.6 Å². The zero-order valence-corrected chi connectivity index (χ0v) is 15.0. The quantitative estimate of drug-likeness (QED) is 0.634. The normalized spacial score (nSPS) is 11.3. The van der Waals surface area contributed by atoms with E-state index in [1.807, 2.05) is 6.07 Å². The van der Waals surface area contributed by atoms with Gasteiger partial charge in [-0.05, 0) is 30.0 Å². The molecular weight excluding hydrogens is 326 g/mol. The topological polar surface area (TPSA) is 52.3 Å². The highest BCUT2D eigenvalue weighted by Crippen LogP contribution is 2.43. The molecule has 0 saturated carbocycles. The number of rotatable bonds is 4. The number of nitrogen functional groups attached to an aromatic ring is 1. The van der Waals surface area contributed by atoms with Crippen LogP contribution in [0.2, 0.25) is 0 Å². The minimum absolute atomic E-state index is 0.337. The summed E-state index contributed by atoms with van der Waals surface area (Å²) in [5.41, 5.74) is 8.99. The third kappa shape index (κ3) is 2.99. The van der Waals surface area contributed by atoms with E-state index < -0.39 is 0 Å². The summed E-state index contributed by atoms with van der Waals surface area (Å²) in [6.07, 6.45) is 0. The summed E-state index contributed by atoms with van der Waals surface area (Å²) < 4.78 is 6.19. The molecule has 0 amide bonds. The minimum atomic E-state index is -0.337. The molecule has 3 nitrogen and oxygen atoms in total. The fraction of sp³-hybridized carbons (Fsp3) is 0.278. The summed E-state index contributed by atoms with van der Waals surface area (Å²) in [5, 5.41) is 1.44. The van der Waals surface area contributed by atoms with Gasteiger partial charge < -0.3 is 10.5 Å². The molecule has 23 heavy (non-hydrogen) atoms. The number of hydrogen-bond donors (Lipinski definition) is 1. The molecule has 2 heterocycles. The van der Waals surface area contributed by atoms with Crippen molar-refractivity contribution in [1.29, 1.82) is 0 Å². The van der Waals surface area contributed by atoms with Crippen molar-refractivity contribution >= 4 is 43.0 Å². The van der Waals surface area contributed by atoms with Crippen molar-refractivity contribution < 1.29 is 9.53 Å². The van der Waals surface area contributed by atoms with Gasteiger partial charge in [-0.3, -0.25) is 0 Å². The molecule has 2 aromatic heterocycles. The molecule has 0 aliphatic heterocycles. The predicted octanol–water partition coefficient (Wildman–Crippen LogP) is 5.51. The van der Waals surface area contributed by atoms with Crippen molar-refractivity contribution in [2.24, 2.45) is 0 Å². The largest absolute Gasteiger partial charge is 0.462 e. The van der Waals surface area contributed by atoms with Crippen LogP contribution in [-0.4, -0.2) is 12.6 Å². The van der Waals surface area contributed by atoms with Crippen LogP contribution in [0.4, 0.5) is 5.00 Å². The molecule has 0 saturated heterocycles. The third-order valence-electron chi connectivity index (χ3n) is 3.76. The van der Waals surface area contributed by atoms with Crippen LogP contribution in [0.15, 0.2) is 30.3 Å². The number of hydrogen-bond acceptors (Lipinski definition) is 5. The molecule has 1 aromatic carbocycles. The number of carbonyl (C=O) groups is 1. The molecule has 120 valence electrons. The molecular formula is C18H19NO2S2. The SMILES string of the molecule is CCOC(=O)c1c(N)sc2sc(-c3ccc(C(C)C)cc3)cc12. The lowest BCUT2D eigenvalue weighted by atomic mass is 10.0. The Morgan fingerprint density at radius 1 is 1.22 bits per heavy atom. The number of ether oxygens (including phenoxy) is 1. The number of thiophene rings is 2. The van der Waals surface area contributed by atoms with Crippen LogP contribution in [0, 0.1) is 0 Å². The standard InChI is InChI=1S/C18H19NO2S2/c1-4-21-17(20)15-13-9-14(22-18(13)23-16(15)19)12-7-5-11(6-8-12)10(2)3/h5-10H,4,19H2,1-3H3. The summed E-state index contributed by atoms with van der Waals surface area (Å²) in [4.78, 5) is 13.3. The molecule has 0 bridgehead atoms. The van der Waals surface area contributed by atoms with Crippen molar-refractivity contribution in [2.45, 2.75) is 26.7 Å². The maximum atomic E-state index is 12.1. The molecule has 0 atom stereocenters. The number of anilines is 1. The fourth-order valence-corrected chi connectivity index (χ4v) is 4.87. The van der Waals surface area contributed by atoms with Gasteiger partial charge in [0.1, 0.15) is 10.6 Å². The molecule has 2 N–H and O–H groups in total. The minimum Gasteiger partial charge on any atom is -0.462 e. The van der Waals surface area contributed by atoms with Gasteiger partial charge in [0.05, 0.1) is 10.6 Å². The average Bonchev–Trinajstić information content (AvgIpc) is 3.03. The van der Waals surface area contributed by atoms with Gasteiger partial charge in [0.15, 0.2) is 0 Å². The second-order valence-corrected chi connectivity index (χ2v) is 8.01. The molecule has 0 spiro atoms. The number of nitrogens with two attached hydrogens (primary N) is 1. The van der Waals surface area contributed by atoms with E-state index in [4.69, 9.17) is 10.5 Å². The number of fused-ring (bicyclic) bond motifs is 1. The molecule has 0 unspecified atom stereocenters. The summed E-state index contributed by atoms with van der Waals surface area (Å²) in [5.74, 6) is 0.182. The Labute approximate surface area is 143 Å².